The first-order valence-corrected chi connectivity index (χ1v) is 13.0. The molecule has 0 bridgehead atoms. The predicted octanol–water partition coefficient (Wildman–Crippen LogP) is 5.61. The van der Waals surface area contributed by atoms with E-state index in [9.17, 15) is 24.6 Å². The number of aromatic carboxylic acids is 1. The van der Waals surface area contributed by atoms with Gasteiger partial charge in [0.2, 0.25) is 0 Å². The van der Waals surface area contributed by atoms with E-state index in [1.165, 1.54) is 25.3 Å². The van der Waals surface area contributed by atoms with Gasteiger partial charge in [0.05, 0.1) is 18.2 Å². The number of carboxylic acids is 1. The van der Waals surface area contributed by atoms with E-state index in [1.807, 2.05) is 54.6 Å². The molecule has 1 heterocycles. The van der Waals surface area contributed by atoms with Gasteiger partial charge >= 0.3 is 11.9 Å². The van der Waals surface area contributed by atoms with Gasteiger partial charge in [0, 0.05) is 11.8 Å². The third kappa shape index (κ3) is 6.37. The number of nitrogens with one attached hydrogen (secondary N) is 1. The molecule has 5 aromatic rings. The van der Waals surface area contributed by atoms with Crippen LogP contribution in [0.2, 0.25) is 0 Å². The number of aromatic hydroxyl groups is 1. The third-order valence-corrected chi connectivity index (χ3v) is 6.61. The number of phenolic OH excluding ortho intramolecular Hbond substituents is 1. The first-order chi connectivity index (χ1) is 20.3. The number of para-hydroxylation sites is 1. The summed E-state index contributed by atoms with van der Waals surface area (Å²) in [4.78, 5) is 42.2. The number of carboxylic acid groups (broad SMARTS) is 1. The Morgan fingerprint density at radius 1 is 0.833 bits per heavy atom. The summed E-state index contributed by atoms with van der Waals surface area (Å²) >= 11 is 0. The van der Waals surface area contributed by atoms with E-state index >= 15 is 0 Å². The summed E-state index contributed by atoms with van der Waals surface area (Å²) in [6.07, 6.45) is 0.0939. The lowest BCUT2D eigenvalue weighted by Gasteiger charge is -2.17. The molecule has 0 aliphatic heterocycles. The highest BCUT2D eigenvalue weighted by molar-refractivity contribution is 6.07. The minimum Gasteiger partial charge on any atom is -0.508 e. The molecule has 0 aliphatic rings. The molecule has 42 heavy (non-hydrogen) atoms. The van der Waals surface area contributed by atoms with E-state index in [-0.39, 0.29) is 23.4 Å². The maximum Gasteiger partial charge on any atom is 0.336 e. The fraction of sp³-hybridized carbons (Fsp3) is 0.0909. The molecule has 1 aromatic heterocycles. The van der Waals surface area contributed by atoms with Gasteiger partial charge < -0.3 is 25.0 Å². The molecule has 9 heteroatoms. The number of ether oxygens (including phenoxy) is 2. The Morgan fingerprint density at radius 3 is 2.17 bits per heavy atom. The number of fused-ring (bicyclic) bond motifs is 1. The molecule has 0 saturated carbocycles. The summed E-state index contributed by atoms with van der Waals surface area (Å²) in [7, 11) is 1.20. The van der Waals surface area contributed by atoms with Crippen molar-refractivity contribution in [1.29, 1.82) is 0 Å². The summed E-state index contributed by atoms with van der Waals surface area (Å²) in [5, 5.41) is 22.5. The quantitative estimate of drug-likeness (QED) is 0.197. The van der Waals surface area contributed by atoms with Gasteiger partial charge in [-0.25, -0.2) is 14.6 Å². The number of methoxy groups -OCH3 is 1. The first-order valence-electron chi connectivity index (χ1n) is 13.0. The number of benzene rings is 4. The van der Waals surface area contributed by atoms with Gasteiger partial charge in [-0.2, -0.15) is 0 Å². The lowest BCUT2D eigenvalue weighted by Crippen LogP contribution is -2.43. The second-order valence-electron chi connectivity index (χ2n) is 9.45. The van der Waals surface area contributed by atoms with Crippen molar-refractivity contribution in [3.63, 3.8) is 0 Å². The normalized spacial score (nSPS) is 11.5. The summed E-state index contributed by atoms with van der Waals surface area (Å²) in [5.41, 5.74) is 2.31. The van der Waals surface area contributed by atoms with E-state index in [2.05, 4.69) is 10.3 Å². The average molecular weight is 563 g/mol. The summed E-state index contributed by atoms with van der Waals surface area (Å²) < 4.78 is 10.7. The van der Waals surface area contributed by atoms with Crippen LogP contribution >= 0.6 is 0 Å². The van der Waals surface area contributed by atoms with E-state index < -0.39 is 23.9 Å². The second kappa shape index (κ2) is 12.2. The molecule has 9 nitrogen and oxygen atoms in total. The van der Waals surface area contributed by atoms with Crippen LogP contribution in [-0.4, -0.2) is 46.2 Å². The molecule has 0 aliphatic carbocycles. The Labute approximate surface area is 241 Å². The van der Waals surface area contributed by atoms with Gasteiger partial charge in [0.1, 0.15) is 29.0 Å². The van der Waals surface area contributed by atoms with Crippen molar-refractivity contribution >= 4 is 28.7 Å². The average Bonchev–Trinajstić information content (AvgIpc) is 3.01. The smallest absolute Gasteiger partial charge is 0.336 e. The Bertz CT molecular complexity index is 1750. The lowest BCUT2D eigenvalue weighted by molar-refractivity contribution is -0.142. The number of esters is 1. The molecule has 0 fully saturated rings. The van der Waals surface area contributed by atoms with E-state index in [0.717, 1.165) is 11.1 Å². The van der Waals surface area contributed by atoms with Gasteiger partial charge in [-0.15, -0.1) is 0 Å². The van der Waals surface area contributed by atoms with Crippen molar-refractivity contribution in [3.05, 3.63) is 120 Å². The van der Waals surface area contributed by atoms with Gasteiger partial charge in [0.15, 0.2) is 0 Å². The fourth-order valence-electron chi connectivity index (χ4n) is 4.47. The number of pyridine rings is 1. The molecule has 1 atom stereocenters. The summed E-state index contributed by atoms with van der Waals surface area (Å²) in [6, 6.07) is 28.2. The number of carbonyl (C=O) groups excluding carboxylic acids is 2. The van der Waals surface area contributed by atoms with Crippen LogP contribution in [0, 0.1) is 0 Å². The molecule has 210 valence electrons. The molecule has 0 spiro atoms. The highest BCUT2D eigenvalue weighted by atomic mass is 16.5. The summed E-state index contributed by atoms with van der Waals surface area (Å²) in [6.45, 7) is 0. The van der Waals surface area contributed by atoms with E-state index in [0.29, 0.717) is 28.0 Å². The van der Waals surface area contributed by atoms with Crippen LogP contribution in [0.25, 0.3) is 22.0 Å². The second-order valence-corrected chi connectivity index (χ2v) is 9.45. The molecule has 1 amide bonds. The lowest BCUT2D eigenvalue weighted by atomic mass is 10.00. The summed E-state index contributed by atoms with van der Waals surface area (Å²) in [5.74, 6) is -1.20. The molecule has 5 rings (SSSR count). The zero-order valence-corrected chi connectivity index (χ0v) is 22.5. The van der Waals surface area contributed by atoms with Crippen molar-refractivity contribution < 1.29 is 34.1 Å². The number of phenols is 1. The maximum atomic E-state index is 13.2. The number of carbonyl (C=O) groups is 3. The highest BCUT2D eigenvalue weighted by Crippen LogP contribution is 2.29. The number of nitrogens with zero attached hydrogens (tertiary/aromatic N) is 1. The minimum atomic E-state index is -1.23. The minimum absolute atomic E-state index is 0.0659. The van der Waals surface area contributed by atoms with Gasteiger partial charge in [-0.1, -0.05) is 48.5 Å². The largest absolute Gasteiger partial charge is 0.508 e. The van der Waals surface area contributed by atoms with Crippen LogP contribution in [0.3, 0.4) is 0 Å². The number of hydrogen-bond acceptors (Lipinski definition) is 7. The Balaban J connectivity index is 1.40. The van der Waals surface area contributed by atoms with Gasteiger partial charge in [-0.3, -0.25) is 4.79 Å². The SMILES string of the molecule is COC(=O)[C@H](Cc1ccc(O)cc1)NC(=O)c1cc(C(=O)O)c2cc(-c3ccc(Oc4ccccc4)cc3)ccc2n1. The molecular weight excluding hydrogens is 536 g/mol. The zero-order valence-electron chi connectivity index (χ0n) is 22.5. The standard InChI is InChI=1S/C33H26N2O7/c1-41-33(40)30(17-20-7-12-23(36)13-8-20)35-31(37)29-19-27(32(38)39)26-18-22(11-16-28(26)34-29)21-9-14-25(15-10-21)42-24-5-3-2-4-6-24/h2-16,18-19,30,36H,17H2,1H3,(H,35,37)(H,38,39)/t30-/m0/s1. The van der Waals surface area contributed by atoms with Gasteiger partial charge in [-0.05, 0) is 71.3 Å². The van der Waals surface area contributed by atoms with Gasteiger partial charge in [0.25, 0.3) is 5.91 Å². The number of hydrogen-bond donors (Lipinski definition) is 3. The monoisotopic (exact) mass is 562 g/mol. The van der Waals surface area contributed by atoms with Crippen molar-refractivity contribution in [3.8, 4) is 28.4 Å². The van der Waals surface area contributed by atoms with Crippen LogP contribution < -0.4 is 10.1 Å². The third-order valence-electron chi connectivity index (χ3n) is 6.61. The molecule has 0 radical (unpaired) electrons. The molecule has 0 saturated heterocycles. The molecule has 4 aromatic carbocycles. The molecule has 0 unspecified atom stereocenters. The van der Waals surface area contributed by atoms with E-state index in [1.54, 1.807) is 30.3 Å². The van der Waals surface area contributed by atoms with Crippen LogP contribution in [0.5, 0.6) is 17.2 Å². The van der Waals surface area contributed by atoms with Crippen LogP contribution in [0.1, 0.15) is 26.4 Å². The number of aromatic nitrogens is 1. The topological polar surface area (TPSA) is 135 Å². The Morgan fingerprint density at radius 2 is 1.50 bits per heavy atom. The van der Waals surface area contributed by atoms with Crippen molar-refractivity contribution in [2.45, 2.75) is 12.5 Å². The number of rotatable bonds is 9. The number of amides is 1. The zero-order chi connectivity index (χ0) is 29.6. The molecular formula is C33H26N2O7. The Hall–Kier alpha value is -5.70. The van der Waals surface area contributed by atoms with Crippen molar-refractivity contribution in [2.75, 3.05) is 7.11 Å². The van der Waals surface area contributed by atoms with Crippen molar-refractivity contribution in [2.24, 2.45) is 0 Å². The highest BCUT2D eigenvalue weighted by Gasteiger charge is 2.25. The van der Waals surface area contributed by atoms with Crippen LogP contribution in [0.15, 0.2) is 103 Å². The first kappa shape index (κ1) is 27.9. The van der Waals surface area contributed by atoms with E-state index in [4.69, 9.17) is 9.47 Å². The fourth-order valence-corrected chi connectivity index (χ4v) is 4.47. The molecule has 3 N–H and O–H groups in total. The van der Waals surface area contributed by atoms with Crippen LogP contribution in [-0.2, 0) is 16.0 Å². The predicted molar refractivity (Wildman–Crippen MR) is 156 cm³/mol. The maximum absolute atomic E-state index is 13.2. The van der Waals surface area contributed by atoms with Crippen molar-refractivity contribution in [1.82, 2.24) is 10.3 Å². The Kier molecular flexibility index (Phi) is 8.10. The van der Waals surface area contributed by atoms with Crippen LogP contribution in [0.4, 0.5) is 0 Å².